The van der Waals surface area contributed by atoms with Crippen molar-refractivity contribution < 1.29 is 4.39 Å². The van der Waals surface area contributed by atoms with Gasteiger partial charge in [0.05, 0.1) is 0 Å². The molecule has 0 bridgehead atoms. The van der Waals surface area contributed by atoms with Crippen LogP contribution in [-0.2, 0) is 0 Å². The highest BCUT2D eigenvalue weighted by Crippen LogP contribution is 2.31. The molecule has 0 heterocycles. The van der Waals surface area contributed by atoms with Gasteiger partial charge in [-0.3, -0.25) is 0 Å². The molecule has 0 N–H and O–H groups in total. The van der Waals surface area contributed by atoms with Gasteiger partial charge in [0, 0.05) is 18.8 Å². The lowest BCUT2D eigenvalue weighted by Crippen LogP contribution is -2.38. The highest BCUT2D eigenvalue weighted by molar-refractivity contribution is 7.80. The Kier molecular flexibility index (Phi) is 6.00. The molecule has 18 heavy (non-hydrogen) atoms. The third-order valence-electron chi connectivity index (χ3n) is 3.94. The van der Waals surface area contributed by atoms with Crippen molar-refractivity contribution >= 4 is 18.3 Å². The van der Waals surface area contributed by atoms with Crippen molar-refractivity contribution in [3.63, 3.8) is 0 Å². The van der Waals surface area contributed by atoms with Crippen LogP contribution in [0.25, 0.3) is 0 Å². The van der Waals surface area contributed by atoms with Crippen LogP contribution in [0.1, 0.15) is 33.6 Å². The summed E-state index contributed by atoms with van der Waals surface area (Å²) in [6.45, 7) is 8.49. The molecule has 1 aromatic carbocycles. The monoisotopic (exact) mass is 269 g/mol. The third kappa shape index (κ3) is 3.64. The second-order valence-electron chi connectivity index (χ2n) is 4.86. The Bertz CT molecular complexity index is 338. The van der Waals surface area contributed by atoms with E-state index in [0.717, 1.165) is 37.4 Å². The molecular weight excluding hydrogens is 245 g/mol. The number of nitrogens with zero attached hydrogens (tertiary/aromatic N) is 1. The second kappa shape index (κ2) is 7.03. The summed E-state index contributed by atoms with van der Waals surface area (Å²) in [6.07, 6.45) is 2.23. The van der Waals surface area contributed by atoms with E-state index in [1.807, 2.05) is 12.1 Å². The zero-order valence-electron chi connectivity index (χ0n) is 11.6. The first-order valence-electron chi connectivity index (χ1n) is 6.72. The maximum absolute atomic E-state index is 13.0. The zero-order valence-corrected chi connectivity index (χ0v) is 12.5. The fraction of sp³-hybridized carbons (Fsp3) is 0.600. The molecule has 1 nitrogen and oxygen atoms in total. The Hall–Kier alpha value is -0.700. The zero-order chi connectivity index (χ0) is 13.6. The van der Waals surface area contributed by atoms with Crippen LogP contribution in [0.3, 0.4) is 0 Å². The van der Waals surface area contributed by atoms with Gasteiger partial charge in [-0.25, -0.2) is 4.39 Å². The number of rotatable bonds is 7. The number of benzene rings is 1. The average molecular weight is 269 g/mol. The van der Waals surface area contributed by atoms with Crippen LogP contribution in [-0.4, -0.2) is 18.8 Å². The van der Waals surface area contributed by atoms with Gasteiger partial charge < -0.3 is 4.90 Å². The first-order valence-corrected chi connectivity index (χ1v) is 7.35. The number of hydrogen-bond acceptors (Lipinski definition) is 2. The SMILES string of the molecule is CCN(CC(CC)(CC)CS)c1ccc(F)cc1. The summed E-state index contributed by atoms with van der Waals surface area (Å²) in [6, 6.07) is 6.76. The Morgan fingerprint density at radius 1 is 1.11 bits per heavy atom. The molecule has 0 atom stereocenters. The quantitative estimate of drug-likeness (QED) is 0.719. The summed E-state index contributed by atoms with van der Waals surface area (Å²) in [7, 11) is 0. The maximum atomic E-state index is 13.0. The molecule has 0 unspecified atom stereocenters. The highest BCUT2D eigenvalue weighted by atomic mass is 32.1. The third-order valence-corrected chi connectivity index (χ3v) is 4.61. The van der Waals surface area contributed by atoms with E-state index in [4.69, 9.17) is 0 Å². The van der Waals surface area contributed by atoms with Crippen LogP contribution in [0.2, 0.25) is 0 Å². The molecule has 0 spiro atoms. The summed E-state index contributed by atoms with van der Waals surface area (Å²) in [5.41, 5.74) is 1.33. The largest absolute Gasteiger partial charge is 0.371 e. The van der Waals surface area contributed by atoms with Crippen molar-refractivity contribution in [3.05, 3.63) is 30.1 Å². The van der Waals surface area contributed by atoms with E-state index in [0.29, 0.717) is 0 Å². The summed E-state index contributed by atoms with van der Waals surface area (Å²) in [5, 5.41) is 0. The molecule has 0 aliphatic rings. The van der Waals surface area contributed by atoms with E-state index in [1.165, 1.54) is 12.1 Å². The smallest absolute Gasteiger partial charge is 0.123 e. The van der Waals surface area contributed by atoms with Gasteiger partial charge in [0.15, 0.2) is 0 Å². The Balaban J connectivity index is 2.86. The van der Waals surface area contributed by atoms with Gasteiger partial charge in [-0.1, -0.05) is 13.8 Å². The van der Waals surface area contributed by atoms with Crippen LogP contribution in [0.4, 0.5) is 10.1 Å². The van der Waals surface area contributed by atoms with Crippen molar-refractivity contribution in [2.24, 2.45) is 5.41 Å². The van der Waals surface area contributed by atoms with Crippen molar-refractivity contribution in [2.75, 3.05) is 23.7 Å². The summed E-state index contributed by atoms with van der Waals surface area (Å²) >= 11 is 4.52. The van der Waals surface area contributed by atoms with E-state index >= 15 is 0 Å². The van der Waals surface area contributed by atoms with E-state index in [1.54, 1.807) is 0 Å². The van der Waals surface area contributed by atoms with Crippen molar-refractivity contribution in [1.29, 1.82) is 0 Å². The first-order chi connectivity index (χ1) is 8.60. The van der Waals surface area contributed by atoms with Gasteiger partial charge in [-0.05, 0) is 55.2 Å². The lowest BCUT2D eigenvalue weighted by Gasteiger charge is -2.37. The minimum Gasteiger partial charge on any atom is -0.371 e. The normalized spacial score (nSPS) is 11.6. The highest BCUT2D eigenvalue weighted by Gasteiger charge is 2.27. The first kappa shape index (κ1) is 15.4. The second-order valence-corrected chi connectivity index (χ2v) is 5.17. The summed E-state index contributed by atoms with van der Waals surface area (Å²) in [4.78, 5) is 2.31. The summed E-state index contributed by atoms with van der Waals surface area (Å²) < 4.78 is 13.0. The Morgan fingerprint density at radius 2 is 1.67 bits per heavy atom. The van der Waals surface area contributed by atoms with E-state index in [-0.39, 0.29) is 11.2 Å². The van der Waals surface area contributed by atoms with Gasteiger partial charge in [-0.15, -0.1) is 0 Å². The molecule has 0 aliphatic carbocycles. The molecule has 1 rings (SSSR count). The minimum atomic E-state index is -0.179. The Morgan fingerprint density at radius 3 is 2.06 bits per heavy atom. The van der Waals surface area contributed by atoms with Gasteiger partial charge in [0.1, 0.15) is 5.82 Å². The van der Waals surface area contributed by atoms with Crippen molar-refractivity contribution in [1.82, 2.24) is 0 Å². The Labute approximate surface area is 116 Å². The van der Waals surface area contributed by atoms with Gasteiger partial charge in [0.2, 0.25) is 0 Å². The predicted octanol–water partition coefficient (Wildman–Crippen LogP) is 4.39. The maximum Gasteiger partial charge on any atom is 0.123 e. The van der Waals surface area contributed by atoms with Crippen LogP contribution in [0.15, 0.2) is 24.3 Å². The van der Waals surface area contributed by atoms with Gasteiger partial charge >= 0.3 is 0 Å². The number of anilines is 1. The predicted molar refractivity (Wildman–Crippen MR) is 81.2 cm³/mol. The molecule has 0 aromatic heterocycles. The van der Waals surface area contributed by atoms with Crippen LogP contribution >= 0.6 is 12.6 Å². The molecule has 0 radical (unpaired) electrons. The van der Waals surface area contributed by atoms with Crippen molar-refractivity contribution in [2.45, 2.75) is 33.6 Å². The fourth-order valence-corrected chi connectivity index (χ4v) is 2.74. The minimum absolute atomic E-state index is 0.179. The standard InChI is InChI=1S/C15H24FNS/c1-4-15(5-2,12-18)11-17(6-3)14-9-7-13(16)8-10-14/h7-10,18H,4-6,11-12H2,1-3H3. The molecule has 102 valence electrons. The van der Waals surface area contributed by atoms with E-state index < -0.39 is 0 Å². The molecule has 0 saturated heterocycles. The number of thiol groups is 1. The van der Waals surface area contributed by atoms with Crippen molar-refractivity contribution in [3.8, 4) is 0 Å². The number of halogens is 1. The molecule has 3 heteroatoms. The lowest BCUT2D eigenvalue weighted by atomic mass is 9.83. The van der Waals surface area contributed by atoms with Crippen LogP contribution in [0, 0.1) is 11.2 Å². The molecule has 1 aromatic rings. The summed E-state index contributed by atoms with van der Waals surface area (Å²) in [5.74, 6) is 0.707. The van der Waals surface area contributed by atoms with Crippen LogP contribution < -0.4 is 4.90 Å². The molecule has 0 fully saturated rings. The average Bonchev–Trinajstić information content (AvgIpc) is 2.42. The lowest BCUT2D eigenvalue weighted by molar-refractivity contribution is 0.311. The molecule has 0 amide bonds. The van der Waals surface area contributed by atoms with Crippen LogP contribution in [0.5, 0.6) is 0 Å². The molecular formula is C15H24FNS. The van der Waals surface area contributed by atoms with Gasteiger partial charge in [0.25, 0.3) is 0 Å². The van der Waals surface area contributed by atoms with E-state index in [2.05, 4.69) is 38.3 Å². The van der Waals surface area contributed by atoms with E-state index in [9.17, 15) is 4.39 Å². The topological polar surface area (TPSA) is 3.24 Å². The molecule has 0 aliphatic heterocycles. The van der Waals surface area contributed by atoms with Gasteiger partial charge in [-0.2, -0.15) is 12.6 Å². The number of hydrogen-bond donors (Lipinski definition) is 1. The fourth-order valence-electron chi connectivity index (χ4n) is 2.19. The molecule has 0 saturated carbocycles.